The van der Waals surface area contributed by atoms with Crippen LogP contribution in [0.3, 0.4) is 0 Å². The van der Waals surface area contributed by atoms with Crippen molar-refractivity contribution in [2.75, 3.05) is 13.2 Å². The average Bonchev–Trinajstić information content (AvgIpc) is 2.76. The van der Waals surface area contributed by atoms with Crippen LogP contribution in [0.4, 0.5) is 0 Å². The minimum Gasteiger partial charge on any atom is -0.481 e. The molecule has 1 aliphatic rings. The van der Waals surface area contributed by atoms with E-state index >= 15 is 0 Å². The summed E-state index contributed by atoms with van der Waals surface area (Å²) in [5, 5.41) is 8.81. The molecule has 0 radical (unpaired) electrons. The van der Waals surface area contributed by atoms with Gasteiger partial charge in [-0.15, -0.1) is 0 Å². The van der Waals surface area contributed by atoms with Crippen LogP contribution in [-0.2, 0) is 14.3 Å². The molecule has 0 bridgehead atoms. The number of nitrogens with zero attached hydrogens (tertiary/aromatic N) is 1. The van der Waals surface area contributed by atoms with Crippen molar-refractivity contribution in [3.8, 4) is 0 Å². The maximum absolute atomic E-state index is 12.4. The Morgan fingerprint density at radius 2 is 2.11 bits per heavy atom. The lowest BCUT2D eigenvalue weighted by Crippen LogP contribution is -2.44. The number of carbonyl (C=O) groups is 2. The standard InChI is InChI=1S/C13H23NO4/c1-4-11-10(6-7-18-11)13(17)14(5-2)9(3)8-12(15)16/h9-11H,4-8H2,1-3H3,(H,15,16). The summed E-state index contributed by atoms with van der Waals surface area (Å²) in [6, 6.07) is -0.266. The molecule has 1 heterocycles. The van der Waals surface area contributed by atoms with Crippen LogP contribution in [0.2, 0.25) is 0 Å². The van der Waals surface area contributed by atoms with Crippen molar-refractivity contribution >= 4 is 11.9 Å². The minimum atomic E-state index is -0.872. The van der Waals surface area contributed by atoms with Crippen LogP contribution < -0.4 is 0 Å². The third kappa shape index (κ3) is 3.45. The largest absolute Gasteiger partial charge is 0.481 e. The van der Waals surface area contributed by atoms with Crippen molar-refractivity contribution in [2.45, 2.75) is 52.2 Å². The van der Waals surface area contributed by atoms with E-state index in [0.717, 1.165) is 12.8 Å². The molecule has 1 fully saturated rings. The molecule has 1 amide bonds. The Kier molecular flexibility index (Phi) is 5.59. The van der Waals surface area contributed by atoms with Crippen LogP contribution in [-0.4, -0.2) is 47.2 Å². The van der Waals surface area contributed by atoms with Crippen molar-refractivity contribution in [3.63, 3.8) is 0 Å². The Morgan fingerprint density at radius 1 is 1.44 bits per heavy atom. The van der Waals surface area contributed by atoms with Gasteiger partial charge in [0.1, 0.15) is 0 Å². The second kappa shape index (κ2) is 6.73. The number of carboxylic acid groups (broad SMARTS) is 1. The molecule has 0 aromatic carbocycles. The molecular weight excluding hydrogens is 234 g/mol. The van der Waals surface area contributed by atoms with E-state index in [4.69, 9.17) is 9.84 Å². The van der Waals surface area contributed by atoms with Gasteiger partial charge in [0.2, 0.25) is 5.91 Å². The number of hydrogen-bond donors (Lipinski definition) is 1. The topological polar surface area (TPSA) is 66.8 Å². The van der Waals surface area contributed by atoms with Crippen LogP contribution in [0.15, 0.2) is 0 Å². The maximum Gasteiger partial charge on any atom is 0.305 e. The third-order valence-electron chi connectivity index (χ3n) is 3.55. The molecule has 18 heavy (non-hydrogen) atoms. The van der Waals surface area contributed by atoms with Gasteiger partial charge in [0.25, 0.3) is 0 Å². The number of rotatable bonds is 6. The lowest BCUT2D eigenvalue weighted by atomic mass is 9.97. The molecule has 1 aliphatic heterocycles. The first-order valence-electron chi connectivity index (χ1n) is 6.65. The van der Waals surface area contributed by atoms with Gasteiger partial charge in [-0.1, -0.05) is 6.92 Å². The van der Waals surface area contributed by atoms with Gasteiger partial charge in [-0.05, 0) is 26.7 Å². The van der Waals surface area contributed by atoms with E-state index in [0.29, 0.717) is 13.2 Å². The maximum atomic E-state index is 12.4. The molecule has 1 rings (SSSR count). The Labute approximate surface area is 108 Å². The van der Waals surface area contributed by atoms with Crippen molar-refractivity contribution in [1.29, 1.82) is 0 Å². The Hall–Kier alpha value is -1.10. The normalized spacial score (nSPS) is 24.8. The molecule has 3 unspecified atom stereocenters. The highest BCUT2D eigenvalue weighted by Crippen LogP contribution is 2.26. The molecule has 0 spiro atoms. The van der Waals surface area contributed by atoms with E-state index < -0.39 is 5.97 Å². The van der Waals surface area contributed by atoms with Gasteiger partial charge >= 0.3 is 5.97 Å². The van der Waals surface area contributed by atoms with E-state index in [1.807, 2.05) is 13.8 Å². The van der Waals surface area contributed by atoms with Crippen LogP contribution >= 0.6 is 0 Å². The number of hydrogen-bond acceptors (Lipinski definition) is 3. The second-order valence-corrected chi connectivity index (χ2v) is 4.78. The van der Waals surface area contributed by atoms with Crippen molar-refractivity contribution in [2.24, 2.45) is 5.92 Å². The van der Waals surface area contributed by atoms with Gasteiger partial charge < -0.3 is 14.7 Å². The summed E-state index contributed by atoms with van der Waals surface area (Å²) in [6.07, 6.45) is 1.54. The number of aliphatic carboxylic acids is 1. The van der Waals surface area contributed by atoms with E-state index in [1.165, 1.54) is 0 Å². The molecule has 104 valence electrons. The molecule has 0 aromatic rings. The lowest BCUT2D eigenvalue weighted by Gasteiger charge is -2.30. The van der Waals surface area contributed by atoms with Crippen molar-refractivity contribution in [1.82, 2.24) is 4.90 Å². The first kappa shape index (κ1) is 15.0. The first-order chi connectivity index (χ1) is 8.51. The number of ether oxygens (including phenoxy) is 1. The van der Waals surface area contributed by atoms with Gasteiger partial charge in [-0.3, -0.25) is 9.59 Å². The van der Waals surface area contributed by atoms with Crippen molar-refractivity contribution in [3.05, 3.63) is 0 Å². The Morgan fingerprint density at radius 3 is 2.61 bits per heavy atom. The molecule has 1 N–H and O–H groups in total. The Bertz CT molecular complexity index is 305. The second-order valence-electron chi connectivity index (χ2n) is 4.78. The van der Waals surface area contributed by atoms with Gasteiger partial charge in [0.05, 0.1) is 18.4 Å². The fourth-order valence-corrected chi connectivity index (χ4v) is 2.59. The summed E-state index contributed by atoms with van der Waals surface area (Å²) in [6.45, 7) is 6.84. The minimum absolute atomic E-state index is 0.00997. The van der Waals surface area contributed by atoms with Crippen LogP contribution in [0.5, 0.6) is 0 Å². The number of carboxylic acids is 1. The van der Waals surface area contributed by atoms with E-state index in [9.17, 15) is 9.59 Å². The summed E-state index contributed by atoms with van der Waals surface area (Å²) in [5.74, 6) is -0.940. The molecule has 3 atom stereocenters. The number of carbonyl (C=O) groups excluding carboxylic acids is 1. The quantitative estimate of drug-likeness (QED) is 0.783. The highest BCUT2D eigenvalue weighted by molar-refractivity contribution is 5.80. The summed E-state index contributed by atoms with van der Waals surface area (Å²) in [4.78, 5) is 24.8. The van der Waals surface area contributed by atoms with Gasteiger partial charge in [0, 0.05) is 19.2 Å². The monoisotopic (exact) mass is 257 g/mol. The van der Waals surface area contributed by atoms with Gasteiger partial charge in [-0.25, -0.2) is 0 Å². The predicted molar refractivity (Wildman–Crippen MR) is 67.2 cm³/mol. The SMILES string of the molecule is CCC1OCCC1C(=O)N(CC)C(C)CC(=O)O. The first-order valence-corrected chi connectivity index (χ1v) is 6.65. The predicted octanol–water partition coefficient (Wildman–Crippen LogP) is 1.51. The van der Waals surface area contributed by atoms with Gasteiger partial charge in [0.15, 0.2) is 0 Å². The van der Waals surface area contributed by atoms with Crippen LogP contribution in [0, 0.1) is 5.92 Å². The third-order valence-corrected chi connectivity index (χ3v) is 3.55. The van der Waals surface area contributed by atoms with Crippen molar-refractivity contribution < 1.29 is 19.4 Å². The lowest BCUT2D eigenvalue weighted by molar-refractivity contribution is -0.143. The average molecular weight is 257 g/mol. The van der Waals surface area contributed by atoms with Gasteiger partial charge in [-0.2, -0.15) is 0 Å². The van der Waals surface area contributed by atoms with E-state index in [1.54, 1.807) is 11.8 Å². The fraction of sp³-hybridized carbons (Fsp3) is 0.846. The molecule has 0 saturated carbocycles. The summed E-state index contributed by atoms with van der Waals surface area (Å²) in [7, 11) is 0. The van der Waals surface area contributed by atoms with Crippen LogP contribution in [0.25, 0.3) is 0 Å². The Balaban J connectivity index is 2.69. The highest BCUT2D eigenvalue weighted by Gasteiger charge is 2.36. The molecule has 0 aliphatic carbocycles. The zero-order valence-electron chi connectivity index (χ0n) is 11.4. The summed E-state index contributed by atoms with van der Waals surface area (Å²) < 4.78 is 5.53. The molecule has 5 nitrogen and oxygen atoms in total. The highest BCUT2D eigenvalue weighted by atomic mass is 16.5. The summed E-state index contributed by atoms with van der Waals surface area (Å²) >= 11 is 0. The fourth-order valence-electron chi connectivity index (χ4n) is 2.59. The zero-order valence-corrected chi connectivity index (χ0v) is 11.4. The van der Waals surface area contributed by atoms with E-state index in [-0.39, 0.29) is 30.4 Å². The molecule has 1 saturated heterocycles. The summed E-state index contributed by atoms with van der Waals surface area (Å²) in [5.41, 5.74) is 0. The molecular formula is C13H23NO4. The van der Waals surface area contributed by atoms with E-state index in [2.05, 4.69) is 0 Å². The zero-order chi connectivity index (χ0) is 13.7. The number of amides is 1. The smallest absolute Gasteiger partial charge is 0.305 e. The molecule has 5 heteroatoms. The van der Waals surface area contributed by atoms with Crippen LogP contribution in [0.1, 0.15) is 40.0 Å². The molecule has 0 aromatic heterocycles.